The van der Waals surface area contributed by atoms with Gasteiger partial charge in [0.25, 0.3) is 0 Å². The SMILES string of the molecule is C=C/C=C(\C=C/Cc1cc2ccccc2c2ccccc12)N(c1ccc(-c2ccc(-c3ccccc3)cc2)cc1)c1cccc(-c2cccc3c2c2cc4ccccc4cc2n3C2=CCCC=C2)c1. The van der Waals surface area contributed by atoms with Crippen LogP contribution in [0.4, 0.5) is 11.4 Å². The highest BCUT2D eigenvalue weighted by atomic mass is 15.1. The molecule has 69 heavy (non-hydrogen) atoms. The predicted molar refractivity (Wildman–Crippen MR) is 297 cm³/mol. The summed E-state index contributed by atoms with van der Waals surface area (Å²) in [5, 5.41) is 10.1. The lowest BCUT2D eigenvalue weighted by atomic mass is 9.95. The molecular weight excluding hydrogens is 833 g/mol. The van der Waals surface area contributed by atoms with Crippen molar-refractivity contribution in [3.63, 3.8) is 0 Å². The van der Waals surface area contributed by atoms with Crippen LogP contribution in [0.3, 0.4) is 0 Å². The maximum Gasteiger partial charge on any atom is 0.0547 e. The number of fused-ring (bicyclic) bond motifs is 7. The van der Waals surface area contributed by atoms with E-state index in [1.54, 1.807) is 0 Å². The van der Waals surface area contributed by atoms with Crippen molar-refractivity contribution in [2.24, 2.45) is 0 Å². The maximum absolute atomic E-state index is 4.24. The molecule has 1 aliphatic rings. The zero-order valence-electron chi connectivity index (χ0n) is 38.5. The van der Waals surface area contributed by atoms with Gasteiger partial charge in [0.15, 0.2) is 0 Å². The van der Waals surface area contributed by atoms with Gasteiger partial charge >= 0.3 is 0 Å². The summed E-state index contributed by atoms with van der Waals surface area (Å²) < 4.78 is 2.47. The van der Waals surface area contributed by atoms with E-state index < -0.39 is 0 Å². The van der Waals surface area contributed by atoms with Gasteiger partial charge in [-0.15, -0.1) is 0 Å². The van der Waals surface area contributed by atoms with Gasteiger partial charge < -0.3 is 9.47 Å². The van der Waals surface area contributed by atoms with E-state index in [0.29, 0.717) is 0 Å². The molecule has 0 fully saturated rings. The Bertz CT molecular complexity index is 3860. The zero-order valence-corrected chi connectivity index (χ0v) is 38.5. The van der Waals surface area contributed by atoms with Crippen molar-refractivity contribution >= 4 is 71.2 Å². The second kappa shape index (κ2) is 18.2. The Hall–Kier alpha value is -8.72. The molecule has 1 aromatic heterocycles. The summed E-state index contributed by atoms with van der Waals surface area (Å²) in [6.07, 6.45) is 18.5. The van der Waals surface area contributed by atoms with E-state index in [-0.39, 0.29) is 0 Å². The quantitative estimate of drug-likeness (QED) is 0.0928. The third-order valence-corrected chi connectivity index (χ3v) is 13.8. The molecule has 1 heterocycles. The first-order chi connectivity index (χ1) is 34.2. The Morgan fingerprint density at radius 3 is 1.87 bits per heavy atom. The highest BCUT2D eigenvalue weighted by molar-refractivity contribution is 6.19. The summed E-state index contributed by atoms with van der Waals surface area (Å²) in [6.45, 7) is 4.24. The Kier molecular flexibility index (Phi) is 11.0. The fourth-order valence-corrected chi connectivity index (χ4v) is 10.5. The number of hydrogen-bond donors (Lipinski definition) is 0. The summed E-state index contributed by atoms with van der Waals surface area (Å²) in [4.78, 5) is 2.37. The van der Waals surface area contributed by atoms with Crippen LogP contribution in [0.15, 0.2) is 267 Å². The molecule has 328 valence electrons. The van der Waals surface area contributed by atoms with Crippen molar-refractivity contribution < 1.29 is 0 Å². The maximum atomic E-state index is 4.24. The van der Waals surface area contributed by atoms with Crippen LogP contribution in [0.2, 0.25) is 0 Å². The normalized spacial score (nSPS) is 13.0. The number of rotatable bonds is 11. The van der Waals surface area contributed by atoms with Gasteiger partial charge in [0.1, 0.15) is 0 Å². The van der Waals surface area contributed by atoms with E-state index in [9.17, 15) is 0 Å². The Morgan fingerprint density at radius 2 is 1.13 bits per heavy atom. The number of hydrogen-bond acceptors (Lipinski definition) is 1. The summed E-state index contributed by atoms with van der Waals surface area (Å²) in [6, 6.07) is 77.6. The zero-order chi connectivity index (χ0) is 46.1. The minimum Gasteiger partial charge on any atom is -0.310 e. The molecule has 0 aliphatic heterocycles. The van der Waals surface area contributed by atoms with Crippen molar-refractivity contribution in [1.29, 1.82) is 0 Å². The summed E-state index contributed by atoms with van der Waals surface area (Å²) >= 11 is 0. The highest BCUT2D eigenvalue weighted by Gasteiger charge is 2.20. The fourth-order valence-electron chi connectivity index (χ4n) is 10.5. The molecule has 0 saturated heterocycles. The first kappa shape index (κ1) is 41.7. The number of benzene rings is 10. The van der Waals surface area contributed by atoms with E-state index in [1.165, 1.54) is 93.2 Å². The van der Waals surface area contributed by atoms with E-state index >= 15 is 0 Å². The van der Waals surface area contributed by atoms with E-state index in [0.717, 1.165) is 41.9 Å². The summed E-state index contributed by atoms with van der Waals surface area (Å²) in [5.74, 6) is 0. The Labute approximate surface area is 404 Å². The van der Waals surface area contributed by atoms with Crippen LogP contribution in [0.1, 0.15) is 18.4 Å². The van der Waals surface area contributed by atoms with Gasteiger partial charge in [-0.05, 0) is 151 Å². The molecule has 0 amide bonds. The predicted octanol–water partition coefficient (Wildman–Crippen LogP) is 18.5. The fraction of sp³-hybridized carbons (Fsp3) is 0.0448. The van der Waals surface area contributed by atoms with Crippen molar-refractivity contribution in [1.82, 2.24) is 4.57 Å². The van der Waals surface area contributed by atoms with Gasteiger partial charge in [-0.3, -0.25) is 0 Å². The van der Waals surface area contributed by atoms with Crippen LogP contribution >= 0.6 is 0 Å². The molecule has 0 bridgehead atoms. The first-order valence-corrected chi connectivity index (χ1v) is 24.1. The molecule has 2 heteroatoms. The monoisotopic (exact) mass is 882 g/mol. The number of aromatic nitrogens is 1. The van der Waals surface area contributed by atoms with Crippen molar-refractivity contribution in [2.45, 2.75) is 19.3 Å². The summed E-state index contributed by atoms with van der Waals surface area (Å²) in [5.41, 5.74) is 15.2. The standard InChI is InChI=1S/C67H50N2/c1-2-18-56(28-15-24-54-43-53-23-11-12-30-60(53)63-32-14-13-31-61(54)63)68(58-41-39-50(40-42-58)49-37-35-48(36-38-49)47-19-5-3-6-20-47)59-29-16-25-55(44-59)62-33-17-34-65-67(62)64-45-51-21-9-10-22-52(51)46-66(64)69(65)57-26-7-4-8-27-57/h2-3,5-7,9-23,25-46H,1,4,8,24H2/b28-15-,56-18+. The minimum absolute atomic E-state index is 0.776. The molecule has 11 aromatic rings. The third kappa shape index (κ3) is 7.86. The molecule has 0 N–H and O–H groups in total. The summed E-state index contributed by atoms with van der Waals surface area (Å²) in [7, 11) is 0. The largest absolute Gasteiger partial charge is 0.310 e. The van der Waals surface area contributed by atoms with Gasteiger partial charge in [-0.25, -0.2) is 0 Å². The molecule has 0 atom stereocenters. The van der Waals surface area contributed by atoms with Gasteiger partial charge in [0, 0.05) is 33.5 Å². The minimum atomic E-state index is 0.776. The number of anilines is 2. The lowest BCUT2D eigenvalue weighted by Gasteiger charge is -2.27. The van der Waals surface area contributed by atoms with E-state index in [2.05, 4.69) is 265 Å². The molecule has 0 saturated carbocycles. The molecule has 12 rings (SSSR count). The molecule has 0 unspecified atom stereocenters. The van der Waals surface area contributed by atoms with Crippen LogP contribution < -0.4 is 4.90 Å². The van der Waals surface area contributed by atoms with E-state index in [1.807, 2.05) is 6.08 Å². The van der Waals surface area contributed by atoms with Crippen molar-refractivity contribution in [2.75, 3.05) is 4.90 Å². The molecule has 0 radical (unpaired) electrons. The molecule has 0 spiro atoms. The van der Waals surface area contributed by atoms with Gasteiger partial charge in [-0.2, -0.15) is 0 Å². The molecule has 2 nitrogen and oxygen atoms in total. The average molecular weight is 883 g/mol. The second-order valence-corrected chi connectivity index (χ2v) is 18.0. The third-order valence-electron chi connectivity index (χ3n) is 13.8. The molecular formula is C67H50N2. The molecule has 1 aliphatic carbocycles. The van der Waals surface area contributed by atoms with Gasteiger partial charge in [0.2, 0.25) is 0 Å². The van der Waals surface area contributed by atoms with Gasteiger partial charge in [0.05, 0.1) is 11.0 Å². The van der Waals surface area contributed by atoms with Crippen LogP contribution in [0.5, 0.6) is 0 Å². The van der Waals surface area contributed by atoms with Crippen molar-refractivity contribution in [3.8, 4) is 33.4 Å². The van der Waals surface area contributed by atoms with Crippen LogP contribution in [0, 0.1) is 0 Å². The van der Waals surface area contributed by atoms with Crippen LogP contribution in [-0.2, 0) is 6.42 Å². The Balaban J connectivity index is 0.980. The van der Waals surface area contributed by atoms with E-state index in [4.69, 9.17) is 0 Å². The van der Waals surface area contributed by atoms with Gasteiger partial charge in [-0.1, -0.05) is 201 Å². The number of allylic oxidation sites excluding steroid dienone is 8. The topological polar surface area (TPSA) is 8.17 Å². The smallest absolute Gasteiger partial charge is 0.0547 e. The van der Waals surface area contributed by atoms with Crippen molar-refractivity contribution in [3.05, 3.63) is 273 Å². The second-order valence-electron chi connectivity index (χ2n) is 18.0. The van der Waals surface area contributed by atoms with Crippen LogP contribution in [-0.4, -0.2) is 4.57 Å². The molecule has 10 aromatic carbocycles. The Morgan fingerprint density at radius 1 is 0.493 bits per heavy atom. The van der Waals surface area contributed by atoms with Crippen LogP contribution in [0.25, 0.3) is 93.2 Å². The number of nitrogens with zero attached hydrogens (tertiary/aromatic N) is 2. The highest BCUT2D eigenvalue weighted by Crippen LogP contribution is 2.43. The first-order valence-electron chi connectivity index (χ1n) is 24.1. The average Bonchev–Trinajstić information content (AvgIpc) is 3.74. The lowest BCUT2D eigenvalue weighted by molar-refractivity contribution is 1.02. The lowest BCUT2D eigenvalue weighted by Crippen LogP contribution is -2.15.